The molecule has 3 rings (SSSR count). The fourth-order valence-electron chi connectivity index (χ4n) is 3.52. The standard InChI is InChI=1S/C25H27BO/c1-3-27-25(24-17-11-10-12-21(24)2)20-26(18-22-13-6-4-7-14-22)19-23-15-8-5-9-16-23/h4-17,20,24H,2-3,18-19H2,1H3/b25-20+. The highest BCUT2D eigenvalue weighted by Crippen LogP contribution is 2.27. The zero-order valence-corrected chi connectivity index (χ0v) is 16.1. The molecule has 2 heteroatoms. The second-order valence-electron chi connectivity index (χ2n) is 6.94. The number of allylic oxidation sites excluding steroid dienone is 4. The zero-order valence-electron chi connectivity index (χ0n) is 16.1. The molecule has 0 heterocycles. The summed E-state index contributed by atoms with van der Waals surface area (Å²) in [4.78, 5) is 0. The van der Waals surface area contributed by atoms with E-state index in [1.165, 1.54) is 11.1 Å². The molecule has 0 saturated carbocycles. The van der Waals surface area contributed by atoms with Crippen LogP contribution in [0.1, 0.15) is 18.1 Å². The van der Waals surface area contributed by atoms with Crippen LogP contribution in [0.5, 0.6) is 0 Å². The molecule has 0 amide bonds. The van der Waals surface area contributed by atoms with Crippen molar-refractivity contribution < 1.29 is 4.74 Å². The van der Waals surface area contributed by atoms with Crippen LogP contribution < -0.4 is 0 Å². The largest absolute Gasteiger partial charge is 0.498 e. The molecule has 1 nitrogen and oxygen atoms in total. The van der Waals surface area contributed by atoms with Gasteiger partial charge in [-0.25, -0.2) is 0 Å². The summed E-state index contributed by atoms with van der Waals surface area (Å²) in [6.45, 7) is 7.29. The summed E-state index contributed by atoms with van der Waals surface area (Å²) in [5.41, 5.74) is 3.78. The molecule has 0 radical (unpaired) electrons. The predicted molar refractivity (Wildman–Crippen MR) is 117 cm³/mol. The first kappa shape index (κ1) is 19.0. The first-order valence-electron chi connectivity index (χ1n) is 9.72. The number of benzene rings is 2. The lowest BCUT2D eigenvalue weighted by atomic mass is 9.42. The molecular formula is C25H27BO. The topological polar surface area (TPSA) is 9.23 Å². The van der Waals surface area contributed by atoms with Crippen molar-refractivity contribution in [2.75, 3.05) is 6.61 Å². The molecule has 0 fully saturated rings. The van der Waals surface area contributed by atoms with Crippen LogP contribution >= 0.6 is 0 Å². The fourth-order valence-corrected chi connectivity index (χ4v) is 3.52. The molecule has 27 heavy (non-hydrogen) atoms. The van der Waals surface area contributed by atoms with E-state index in [1.807, 2.05) is 13.0 Å². The Morgan fingerprint density at radius 2 is 1.56 bits per heavy atom. The van der Waals surface area contributed by atoms with Gasteiger partial charge in [0.2, 0.25) is 0 Å². The summed E-state index contributed by atoms with van der Waals surface area (Å²) >= 11 is 0. The minimum Gasteiger partial charge on any atom is -0.498 e. The zero-order chi connectivity index (χ0) is 18.9. The van der Waals surface area contributed by atoms with Crippen molar-refractivity contribution in [3.05, 3.63) is 120 Å². The lowest BCUT2D eigenvalue weighted by molar-refractivity contribution is 0.210. The molecule has 0 aliphatic heterocycles. The van der Waals surface area contributed by atoms with Crippen molar-refractivity contribution in [3.8, 4) is 0 Å². The maximum absolute atomic E-state index is 6.07. The summed E-state index contributed by atoms with van der Waals surface area (Å²) in [6, 6.07) is 21.4. The molecule has 1 unspecified atom stereocenters. The minimum absolute atomic E-state index is 0.129. The van der Waals surface area contributed by atoms with E-state index in [-0.39, 0.29) is 5.92 Å². The van der Waals surface area contributed by atoms with Gasteiger partial charge in [0.05, 0.1) is 18.3 Å². The molecule has 2 aromatic rings. The van der Waals surface area contributed by atoms with Gasteiger partial charge in [-0.05, 0) is 25.1 Å². The van der Waals surface area contributed by atoms with E-state index in [2.05, 4.69) is 91.4 Å². The molecule has 1 aliphatic carbocycles. The van der Waals surface area contributed by atoms with E-state index in [1.54, 1.807) is 0 Å². The van der Waals surface area contributed by atoms with Crippen LogP contribution in [-0.4, -0.2) is 13.3 Å². The van der Waals surface area contributed by atoms with Crippen molar-refractivity contribution >= 4 is 6.71 Å². The number of ether oxygens (including phenoxy) is 1. The summed E-state index contributed by atoms with van der Waals surface area (Å²) in [6.07, 6.45) is 10.3. The van der Waals surface area contributed by atoms with E-state index >= 15 is 0 Å². The monoisotopic (exact) mass is 354 g/mol. The molecular weight excluding hydrogens is 327 g/mol. The van der Waals surface area contributed by atoms with Crippen LogP contribution in [0.4, 0.5) is 0 Å². The maximum Gasteiger partial charge on any atom is 0.179 e. The average molecular weight is 354 g/mol. The molecule has 0 saturated heterocycles. The van der Waals surface area contributed by atoms with Gasteiger partial charge in [-0.1, -0.05) is 109 Å². The molecule has 136 valence electrons. The Morgan fingerprint density at radius 3 is 2.07 bits per heavy atom. The number of hydrogen-bond donors (Lipinski definition) is 0. The number of rotatable bonds is 8. The molecule has 1 atom stereocenters. The maximum atomic E-state index is 6.07. The highest BCUT2D eigenvalue weighted by molar-refractivity contribution is 6.63. The van der Waals surface area contributed by atoms with Crippen LogP contribution in [0.25, 0.3) is 0 Å². The Bertz CT molecular complexity index is 776. The first-order chi connectivity index (χ1) is 13.3. The van der Waals surface area contributed by atoms with Gasteiger partial charge in [0.25, 0.3) is 0 Å². The van der Waals surface area contributed by atoms with Gasteiger partial charge in [0.1, 0.15) is 0 Å². The molecule has 0 N–H and O–H groups in total. The Hall–Kier alpha value is -2.74. The second-order valence-corrected chi connectivity index (χ2v) is 6.94. The predicted octanol–water partition coefficient (Wildman–Crippen LogP) is 5.80. The van der Waals surface area contributed by atoms with Crippen LogP contribution in [0.2, 0.25) is 0 Å². The number of hydrogen-bond acceptors (Lipinski definition) is 1. The van der Waals surface area contributed by atoms with E-state index in [0.29, 0.717) is 13.3 Å². The van der Waals surface area contributed by atoms with Crippen LogP contribution in [0, 0.1) is 5.92 Å². The third-order valence-corrected chi connectivity index (χ3v) is 4.82. The van der Waals surface area contributed by atoms with Gasteiger partial charge in [-0.15, -0.1) is 0 Å². The summed E-state index contributed by atoms with van der Waals surface area (Å²) in [5.74, 6) is 3.46. The molecule has 1 aliphatic rings. The van der Waals surface area contributed by atoms with Gasteiger partial charge in [-0.2, -0.15) is 0 Å². The van der Waals surface area contributed by atoms with Crippen molar-refractivity contribution in [2.45, 2.75) is 19.6 Å². The molecule has 2 aromatic carbocycles. The van der Waals surface area contributed by atoms with Crippen molar-refractivity contribution in [3.63, 3.8) is 0 Å². The Morgan fingerprint density at radius 1 is 0.963 bits per heavy atom. The summed E-state index contributed by atoms with van der Waals surface area (Å²) in [5, 5.41) is 0. The normalized spacial score (nSPS) is 16.4. The van der Waals surface area contributed by atoms with Gasteiger partial charge in [-0.3, -0.25) is 0 Å². The Labute approximate surface area is 163 Å². The molecule has 0 aromatic heterocycles. The lowest BCUT2D eigenvalue weighted by Crippen LogP contribution is -2.22. The molecule has 0 spiro atoms. The highest BCUT2D eigenvalue weighted by atomic mass is 16.5. The van der Waals surface area contributed by atoms with Crippen LogP contribution in [0.15, 0.2) is 109 Å². The van der Waals surface area contributed by atoms with Crippen molar-refractivity contribution in [1.82, 2.24) is 0 Å². The van der Waals surface area contributed by atoms with E-state index < -0.39 is 0 Å². The van der Waals surface area contributed by atoms with E-state index in [0.717, 1.165) is 24.0 Å². The fraction of sp³-hybridized carbons (Fsp3) is 0.200. The summed E-state index contributed by atoms with van der Waals surface area (Å²) in [7, 11) is 0. The van der Waals surface area contributed by atoms with Gasteiger partial charge >= 0.3 is 0 Å². The van der Waals surface area contributed by atoms with Crippen molar-refractivity contribution in [1.29, 1.82) is 0 Å². The lowest BCUT2D eigenvalue weighted by Gasteiger charge is -2.22. The van der Waals surface area contributed by atoms with E-state index in [9.17, 15) is 0 Å². The first-order valence-corrected chi connectivity index (χ1v) is 9.72. The minimum atomic E-state index is 0.129. The smallest absolute Gasteiger partial charge is 0.179 e. The third kappa shape index (κ3) is 5.62. The van der Waals surface area contributed by atoms with Crippen molar-refractivity contribution in [2.24, 2.45) is 5.92 Å². The summed E-state index contributed by atoms with van der Waals surface area (Å²) < 4.78 is 6.07. The average Bonchev–Trinajstić information content (AvgIpc) is 2.70. The van der Waals surface area contributed by atoms with Crippen LogP contribution in [-0.2, 0) is 17.4 Å². The Kier molecular flexibility index (Phi) is 6.93. The highest BCUT2D eigenvalue weighted by Gasteiger charge is 2.21. The van der Waals surface area contributed by atoms with Gasteiger partial charge in [0.15, 0.2) is 6.71 Å². The van der Waals surface area contributed by atoms with Gasteiger partial charge < -0.3 is 4.74 Å². The molecule has 0 bridgehead atoms. The van der Waals surface area contributed by atoms with Crippen LogP contribution in [0.3, 0.4) is 0 Å². The quantitative estimate of drug-likeness (QED) is 0.430. The van der Waals surface area contributed by atoms with Gasteiger partial charge in [0, 0.05) is 0 Å². The second kappa shape index (κ2) is 9.82. The SMILES string of the molecule is C=C1C=CC=CC1/C(=C\B(Cc1ccccc1)Cc1ccccc1)OCC. The van der Waals surface area contributed by atoms with E-state index in [4.69, 9.17) is 4.74 Å². The third-order valence-electron chi connectivity index (χ3n) is 4.82. The Balaban J connectivity index is 1.88.